The van der Waals surface area contributed by atoms with Gasteiger partial charge in [0.25, 0.3) is 0 Å². The summed E-state index contributed by atoms with van der Waals surface area (Å²) in [6.45, 7) is 6.56. The van der Waals surface area contributed by atoms with E-state index in [9.17, 15) is 0 Å². The molecule has 0 saturated carbocycles. The molecule has 0 saturated heterocycles. The summed E-state index contributed by atoms with van der Waals surface area (Å²) in [5, 5.41) is 0. The van der Waals surface area contributed by atoms with Gasteiger partial charge < -0.3 is 4.74 Å². The minimum atomic E-state index is 0.508. The Labute approximate surface area is 101 Å². The Morgan fingerprint density at radius 2 is 2.00 bits per heavy atom. The van der Waals surface area contributed by atoms with E-state index >= 15 is 0 Å². The van der Waals surface area contributed by atoms with Crippen LogP contribution in [0.5, 0.6) is 5.75 Å². The fourth-order valence-electron chi connectivity index (χ4n) is 1.51. The van der Waals surface area contributed by atoms with Gasteiger partial charge >= 0.3 is 0 Å². The van der Waals surface area contributed by atoms with Crippen LogP contribution in [-0.2, 0) is 6.42 Å². The van der Waals surface area contributed by atoms with Crippen LogP contribution in [0.4, 0.5) is 0 Å². The number of aryl methyl sites for hydroxylation is 1. The van der Waals surface area contributed by atoms with Crippen molar-refractivity contribution in [3.8, 4) is 5.75 Å². The van der Waals surface area contributed by atoms with E-state index in [1.807, 2.05) is 6.07 Å². The third-order valence-corrected chi connectivity index (χ3v) is 3.96. The molecule has 2 heteroatoms. The van der Waals surface area contributed by atoms with Crippen LogP contribution in [0.3, 0.4) is 0 Å². The van der Waals surface area contributed by atoms with Crippen molar-refractivity contribution in [1.82, 2.24) is 0 Å². The first-order valence-corrected chi connectivity index (χ1v) is 6.23. The van der Waals surface area contributed by atoms with Crippen LogP contribution >= 0.6 is 15.9 Å². The van der Waals surface area contributed by atoms with E-state index in [1.165, 1.54) is 11.1 Å². The summed E-state index contributed by atoms with van der Waals surface area (Å²) in [7, 11) is 1.73. The number of alkyl halides is 1. The molecule has 0 fully saturated rings. The number of hydrogen-bond donors (Lipinski definition) is 0. The van der Waals surface area contributed by atoms with E-state index in [4.69, 9.17) is 4.74 Å². The molecule has 0 spiro atoms. The summed E-state index contributed by atoms with van der Waals surface area (Å²) in [6, 6.07) is 6.33. The molecule has 1 nitrogen and oxygen atoms in total. The van der Waals surface area contributed by atoms with Gasteiger partial charge in [-0.2, -0.15) is 0 Å². The van der Waals surface area contributed by atoms with Crippen LogP contribution in [0.2, 0.25) is 0 Å². The maximum atomic E-state index is 5.36. The highest BCUT2D eigenvalue weighted by molar-refractivity contribution is 9.09. The molecule has 1 unspecified atom stereocenters. The summed E-state index contributed by atoms with van der Waals surface area (Å²) >= 11 is 3.71. The molecule has 1 aromatic rings. The second kappa shape index (κ2) is 5.55. The van der Waals surface area contributed by atoms with Crippen LogP contribution < -0.4 is 4.74 Å². The molecule has 0 amide bonds. The molecule has 0 aromatic heterocycles. The van der Waals surface area contributed by atoms with Crippen LogP contribution in [0, 0.1) is 12.8 Å². The molecule has 1 atom stereocenters. The minimum Gasteiger partial charge on any atom is -0.496 e. The van der Waals surface area contributed by atoms with Gasteiger partial charge in [-0.05, 0) is 30.9 Å². The number of benzene rings is 1. The van der Waals surface area contributed by atoms with Crippen LogP contribution in [-0.4, -0.2) is 11.9 Å². The molecule has 0 bridgehead atoms. The molecule has 1 aromatic carbocycles. The quantitative estimate of drug-likeness (QED) is 0.753. The molecule has 0 heterocycles. The van der Waals surface area contributed by atoms with Crippen molar-refractivity contribution in [3.05, 3.63) is 29.3 Å². The lowest BCUT2D eigenvalue weighted by atomic mass is 10.0. The van der Waals surface area contributed by atoms with E-state index in [0.717, 1.165) is 12.2 Å². The van der Waals surface area contributed by atoms with E-state index in [1.54, 1.807) is 7.11 Å². The molecule has 0 aliphatic carbocycles. The molecular formula is C13H19BrO. The Morgan fingerprint density at radius 3 is 2.53 bits per heavy atom. The standard InChI is InChI=1S/C13H19BrO/c1-9(2)12(14)8-11-7-10(3)5-6-13(11)15-4/h5-7,9,12H,8H2,1-4H3. The number of methoxy groups -OCH3 is 1. The Kier molecular flexibility index (Phi) is 4.65. The second-order valence-electron chi connectivity index (χ2n) is 4.28. The van der Waals surface area contributed by atoms with E-state index < -0.39 is 0 Å². The fourth-order valence-corrected chi connectivity index (χ4v) is 1.86. The lowest BCUT2D eigenvalue weighted by Crippen LogP contribution is -2.11. The first kappa shape index (κ1) is 12.6. The van der Waals surface area contributed by atoms with Crippen molar-refractivity contribution in [2.24, 2.45) is 5.92 Å². The smallest absolute Gasteiger partial charge is 0.122 e. The summed E-state index contributed by atoms with van der Waals surface area (Å²) in [5.74, 6) is 1.63. The third-order valence-electron chi connectivity index (χ3n) is 2.57. The van der Waals surface area contributed by atoms with E-state index in [-0.39, 0.29) is 0 Å². The monoisotopic (exact) mass is 270 g/mol. The zero-order valence-corrected chi connectivity index (χ0v) is 11.5. The van der Waals surface area contributed by atoms with Gasteiger partial charge in [-0.15, -0.1) is 0 Å². The van der Waals surface area contributed by atoms with Crippen molar-refractivity contribution in [3.63, 3.8) is 0 Å². The zero-order chi connectivity index (χ0) is 11.4. The van der Waals surface area contributed by atoms with Crippen LogP contribution in [0.25, 0.3) is 0 Å². The molecule has 0 aliphatic rings. The molecule has 84 valence electrons. The first-order valence-electron chi connectivity index (χ1n) is 5.32. The third kappa shape index (κ3) is 3.53. The number of hydrogen-bond acceptors (Lipinski definition) is 1. The van der Waals surface area contributed by atoms with Gasteiger partial charge in [-0.1, -0.05) is 47.5 Å². The van der Waals surface area contributed by atoms with Gasteiger partial charge in [0.2, 0.25) is 0 Å². The van der Waals surface area contributed by atoms with Crippen LogP contribution in [0.1, 0.15) is 25.0 Å². The molecule has 0 radical (unpaired) electrons. The summed E-state index contributed by atoms with van der Waals surface area (Å²) in [4.78, 5) is 0.508. The fraction of sp³-hybridized carbons (Fsp3) is 0.538. The van der Waals surface area contributed by atoms with Crippen molar-refractivity contribution >= 4 is 15.9 Å². The summed E-state index contributed by atoms with van der Waals surface area (Å²) < 4.78 is 5.36. The maximum Gasteiger partial charge on any atom is 0.122 e. The van der Waals surface area contributed by atoms with Gasteiger partial charge in [-0.25, -0.2) is 0 Å². The average molecular weight is 271 g/mol. The molecule has 0 N–H and O–H groups in total. The Hall–Kier alpha value is -0.500. The Balaban J connectivity index is 2.87. The summed E-state index contributed by atoms with van der Waals surface area (Å²) in [6.07, 6.45) is 1.02. The van der Waals surface area contributed by atoms with E-state index in [2.05, 4.69) is 48.8 Å². The highest BCUT2D eigenvalue weighted by Gasteiger charge is 2.13. The normalized spacial score (nSPS) is 12.9. The number of ether oxygens (including phenoxy) is 1. The Bertz CT molecular complexity index is 320. The second-order valence-corrected chi connectivity index (χ2v) is 5.46. The molecular weight excluding hydrogens is 252 g/mol. The zero-order valence-electron chi connectivity index (χ0n) is 9.88. The average Bonchev–Trinajstić information content (AvgIpc) is 2.18. The van der Waals surface area contributed by atoms with Crippen molar-refractivity contribution in [2.45, 2.75) is 32.0 Å². The lowest BCUT2D eigenvalue weighted by Gasteiger charge is -2.16. The van der Waals surface area contributed by atoms with Gasteiger partial charge in [0.15, 0.2) is 0 Å². The molecule has 0 aliphatic heterocycles. The van der Waals surface area contributed by atoms with Gasteiger partial charge in [0, 0.05) is 4.83 Å². The predicted molar refractivity (Wildman–Crippen MR) is 69.0 cm³/mol. The predicted octanol–water partition coefficient (Wildman–Crippen LogP) is 3.97. The first-order chi connectivity index (χ1) is 7.04. The molecule has 15 heavy (non-hydrogen) atoms. The summed E-state index contributed by atoms with van der Waals surface area (Å²) in [5.41, 5.74) is 2.57. The van der Waals surface area contributed by atoms with Crippen molar-refractivity contribution in [2.75, 3.05) is 7.11 Å². The highest BCUT2D eigenvalue weighted by Crippen LogP contribution is 2.25. The Morgan fingerprint density at radius 1 is 1.33 bits per heavy atom. The largest absolute Gasteiger partial charge is 0.496 e. The number of rotatable bonds is 4. The SMILES string of the molecule is COc1ccc(C)cc1CC(Br)C(C)C. The number of halogens is 1. The van der Waals surface area contributed by atoms with Gasteiger partial charge in [0.05, 0.1) is 7.11 Å². The minimum absolute atomic E-state index is 0.508. The van der Waals surface area contributed by atoms with Gasteiger partial charge in [0.1, 0.15) is 5.75 Å². The maximum absolute atomic E-state index is 5.36. The highest BCUT2D eigenvalue weighted by atomic mass is 79.9. The topological polar surface area (TPSA) is 9.23 Å². The molecule has 1 rings (SSSR count). The van der Waals surface area contributed by atoms with Gasteiger partial charge in [-0.3, -0.25) is 0 Å². The van der Waals surface area contributed by atoms with Crippen LogP contribution in [0.15, 0.2) is 18.2 Å². The van der Waals surface area contributed by atoms with Crippen molar-refractivity contribution in [1.29, 1.82) is 0 Å². The van der Waals surface area contributed by atoms with Crippen molar-refractivity contribution < 1.29 is 4.74 Å². The van der Waals surface area contributed by atoms with E-state index in [0.29, 0.717) is 10.7 Å². The lowest BCUT2D eigenvalue weighted by molar-refractivity contribution is 0.408.